The summed E-state index contributed by atoms with van der Waals surface area (Å²) >= 11 is 0. The van der Waals surface area contributed by atoms with E-state index in [1.54, 1.807) is 18.2 Å². The number of alkyl halides is 2. The van der Waals surface area contributed by atoms with Crippen molar-refractivity contribution in [2.45, 2.75) is 12.7 Å². The zero-order chi connectivity index (χ0) is 17.8. The Bertz CT molecular complexity index is 865. The number of ether oxygens (including phenoxy) is 1. The fourth-order valence-electron chi connectivity index (χ4n) is 2.36. The van der Waals surface area contributed by atoms with E-state index in [0.29, 0.717) is 11.1 Å². The van der Waals surface area contributed by atoms with E-state index >= 15 is 0 Å². The van der Waals surface area contributed by atoms with Gasteiger partial charge in [0.2, 0.25) is 0 Å². The van der Waals surface area contributed by atoms with Crippen LogP contribution in [0.5, 0.6) is 5.75 Å². The van der Waals surface area contributed by atoms with Gasteiger partial charge < -0.3 is 20.1 Å². The molecule has 0 spiro atoms. The molecule has 2 aromatic carbocycles. The predicted molar refractivity (Wildman–Crippen MR) is 86.5 cm³/mol. The maximum Gasteiger partial charge on any atom is 0.387 e. The molecule has 1 heterocycles. The SMILES string of the molecule is O=C(NCC(O)c1ccc(OC(F)F)cc1)c1ccc2nc[nH]c2c1. The van der Waals surface area contributed by atoms with Gasteiger partial charge in [-0.25, -0.2) is 4.98 Å². The van der Waals surface area contributed by atoms with Crippen LogP contribution in [0.3, 0.4) is 0 Å². The van der Waals surface area contributed by atoms with E-state index in [-0.39, 0.29) is 18.2 Å². The lowest BCUT2D eigenvalue weighted by atomic mass is 10.1. The highest BCUT2D eigenvalue weighted by atomic mass is 19.3. The topological polar surface area (TPSA) is 87.2 Å². The van der Waals surface area contributed by atoms with Crippen LogP contribution in [0.4, 0.5) is 8.78 Å². The van der Waals surface area contributed by atoms with Crippen LogP contribution in [0.15, 0.2) is 48.8 Å². The molecule has 0 saturated carbocycles. The van der Waals surface area contributed by atoms with Crippen molar-refractivity contribution in [3.63, 3.8) is 0 Å². The molecule has 25 heavy (non-hydrogen) atoms. The largest absolute Gasteiger partial charge is 0.435 e. The number of H-pyrrole nitrogens is 1. The van der Waals surface area contributed by atoms with Gasteiger partial charge in [0.1, 0.15) is 5.75 Å². The van der Waals surface area contributed by atoms with Crippen LogP contribution >= 0.6 is 0 Å². The molecule has 0 aliphatic heterocycles. The number of amides is 1. The number of aromatic nitrogens is 2. The number of imidazole rings is 1. The standard InChI is InChI=1S/C17H15F2N3O3/c18-17(19)25-12-4-1-10(2-5-12)15(23)8-20-16(24)11-3-6-13-14(7-11)22-9-21-13/h1-7,9,15,17,23H,8H2,(H,20,24)(H,21,22). The first-order chi connectivity index (χ1) is 12.0. The summed E-state index contributed by atoms with van der Waals surface area (Å²) in [6.07, 6.45) is 0.567. The molecule has 1 unspecified atom stereocenters. The van der Waals surface area contributed by atoms with Crippen LogP contribution in [-0.4, -0.2) is 34.1 Å². The van der Waals surface area contributed by atoms with Gasteiger partial charge in [-0.2, -0.15) is 8.78 Å². The average Bonchev–Trinajstić information content (AvgIpc) is 3.07. The molecule has 6 nitrogen and oxygen atoms in total. The summed E-state index contributed by atoms with van der Waals surface area (Å²) in [4.78, 5) is 19.2. The third-order valence-corrected chi connectivity index (χ3v) is 3.63. The van der Waals surface area contributed by atoms with Gasteiger partial charge in [-0.05, 0) is 35.9 Å². The van der Waals surface area contributed by atoms with Crippen LogP contribution in [0.2, 0.25) is 0 Å². The maximum absolute atomic E-state index is 12.2. The van der Waals surface area contributed by atoms with E-state index in [9.17, 15) is 18.7 Å². The number of carbonyl (C=O) groups excluding carboxylic acids is 1. The first-order valence-electron chi connectivity index (χ1n) is 7.47. The van der Waals surface area contributed by atoms with Crippen molar-refractivity contribution < 1.29 is 23.4 Å². The minimum Gasteiger partial charge on any atom is -0.435 e. The van der Waals surface area contributed by atoms with Crippen molar-refractivity contribution in [2.75, 3.05) is 6.54 Å². The van der Waals surface area contributed by atoms with Gasteiger partial charge in [-0.3, -0.25) is 4.79 Å². The van der Waals surface area contributed by atoms with Gasteiger partial charge in [0, 0.05) is 12.1 Å². The smallest absolute Gasteiger partial charge is 0.387 e. The van der Waals surface area contributed by atoms with Gasteiger partial charge in [-0.1, -0.05) is 12.1 Å². The second kappa shape index (κ2) is 7.27. The van der Waals surface area contributed by atoms with Gasteiger partial charge in [-0.15, -0.1) is 0 Å². The minimum absolute atomic E-state index is 0.00263. The van der Waals surface area contributed by atoms with Crippen molar-refractivity contribution in [3.05, 3.63) is 59.9 Å². The molecule has 1 amide bonds. The fraction of sp³-hybridized carbons (Fsp3) is 0.176. The normalized spacial score (nSPS) is 12.3. The summed E-state index contributed by atoms with van der Waals surface area (Å²) in [6.45, 7) is -2.92. The number of carbonyl (C=O) groups is 1. The number of aliphatic hydroxyl groups is 1. The molecular weight excluding hydrogens is 332 g/mol. The number of aromatic amines is 1. The molecule has 0 bridgehead atoms. The van der Waals surface area contributed by atoms with Crippen molar-refractivity contribution >= 4 is 16.9 Å². The number of hydrogen-bond acceptors (Lipinski definition) is 4. The first-order valence-corrected chi connectivity index (χ1v) is 7.47. The van der Waals surface area contributed by atoms with E-state index < -0.39 is 12.7 Å². The van der Waals surface area contributed by atoms with Crippen molar-refractivity contribution in [1.82, 2.24) is 15.3 Å². The number of benzene rings is 2. The number of fused-ring (bicyclic) bond motifs is 1. The maximum atomic E-state index is 12.2. The molecule has 1 atom stereocenters. The summed E-state index contributed by atoms with van der Waals surface area (Å²) in [5.41, 5.74) is 2.40. The lowest BCUT2D eigenvalue weighted by molar-refractivity contribution is -0.0498. The summed E-state index contributed by atoms with van der Waals surface area (Å²) in [6, 6.07) is 10.6. The van der Waals surface area contributed by atoms with Gasteiger partial charge >= 0.3 is 6.61 Å². The predicted octanol–water partition coefficient (Wildman–Crippen LogP) is 2.63. The van der Waals surface area contributed by atoms with Crippen molar-refractivity contribution in [2.24, 2.45) is 0 Å². The molecule has 8 heteroatoms. The molecule has 0 saturated heterocycles. The first kappa shape index (κ1) is 16.8. The molecule has 0 aliphatic carbocycles. The molecule has 0 radical (unpaired) electrons. The molecule has 3 rings (SSSR count). The molecule has 3 aromatic rings. The van der Waals surface area contributed by atoms with Crippen LogP contribution in [0.25, 0.3) is 11.0 Å². The quantitative estimate of drug-likeness (QED) is 0.640. The highest BCUT2D eigenvalue weighted by Crippen LogP contribution is 2.19. The fourth-order valence-corrected chi connectivity index (χ4v) is 2.36. The Morgan fingerprint density at radius 3 is 2.72 bits per heavy atom. The van der Waals surface area contributed by atoms with E-state index in [2.05, 4.69) is 20.0 Å². The van der Waals surface area contributed by atoms with E-state index in [4.69, 9.17) is 0 Å². The summed E-state index contributed by atoms with van der Waals surface area (Å²) in [5.74, 6) is -0.337. The van der Waals surface area contributed by atoms with E-state index in [1.165, 1.54) is 30.6 Å². The highest BCUT2D eigenvalue weighted by Gasteiger charge is 2.12. The average molecular weight is 347 g/mol. The van der Waals surface area contributed by atoms with E-state index in [0.717, 1.165) is 11.0 Å². The number of nitrogens with one attached hydrogen (secondary N) is 2. The summed E-state index contributed by atoms with van der Waals surface area (Å²) < 4.78 is 28.4. The molecule has 0 fully saturated rings. The Morgan fingerprint density at radius 2 is 2.00 bits per heavy atom. The Kier molecular flexibility index (Phi) is 4.90. The number of rotatable bonds is 6. The lowest BCUT2D eigenvalue weighted by Crippen LogP contribution is -2.28. The van der Waals surface area contributed by atoms with E-state index in [1.807, 2.05) is 0 Å². The molecule has 0 aliphatic rings. The van der Waals surface area contributed by atoms with Gasteiger partial charge in [0.05, 0.1) is 23.5 Å². The number of nitrogens with zero attached hydrogens (tertiary/aromatic N) is 1. The molecule has 3 N–H and O–H groups in total. The monoisotopic (exact) mass is 347 g/mol. The number of aliphatic hydroxyl groups excluding tert-OH is 1. The highest BCUT2D eigenvalue weighted by molar-refractivity contribution is 5.97. The Labute approximate surface area is 141 Å². The van der Waals surface area contributed by atoms with Crippen molar-refractivity contribution in [1.29, 1.82) is 0 Å². The van der Waals surface area contributed by atoms with Crippen LogP contribution in [-0.2, 0) is 0 Å². The molecular formula is C17H15F2N3O3. The Morgan fingerprint density at radius 1 is 1.24 bits per heavy atom. The number of hydrogen-bond donors (Lipinski definition) is 3. The summed E-state index contributed by atoms with van der Waals surface area (Å²) in [7, 11) is 0. The van der Waals surface area contributed by atoms with Crippen molar-refractivity contribution in [3.8, 4) is 5.75 Å². The van der Waals surface area contributed by atoms with Crippen LogP contribution in [0.1, 0.15) is 22.0 Å². The van der Waals surface area contributed by atoms with Gasteiger partial charge in [0.25, 0.3) is 5.91 Å². The van der Waals surface area contributed by atoms with Gasteiger partial charge in [0.15, 0.2) is 0 Å². The number of halogens is 2. The Balaban J connectivity index is 1.59. The van der Waals surface area contributed by atoms with Crippen LogP contribution in [0, 0.1) is 0 Å². The minimum atomic E-state index is -2.90. The zero-order valence-corrected chi connectivity index (χ0v) is 12.9. The second-order valence-corrected chi connectivity index (χ2v) is 5.31. The Hall–Kier alpha value is -3.00. The third kappa shape index (κ3) is 4.10. The third-order valence-electron chi connectivity index (χ3n) is 3.63. The molecule has 1 aromatic heterocycles. The summed E-state index contributed by atoms with van der Waals surface area (Å²) in [5, 5.41) is 12.7. The zero-order valence-electron chi connectivity index (χ0n) is 12.9. The molecule has 130 valence electrons. The van der Waals surface area contributed by atoms with Crippen LogP contribution < -0.4 is 10.1 Å². The lowest BCUT2D eigenvalue weighted by Gasteiger charge is -2.13. The second-order valence-electron chi connectivity index (χ2n) is 5.31.